The van der Waals surface area contributed by atoms with Gasteiger partial charge < -0.3 is 15.1 Å². The van der Waals surface area contributed by atoms with Crippen LogP contribution in [-0.4, -0.2) is 49.1 Å². The second kappa shape index (κ2) is 8.35. The molecule has 0 atom stereocenters. The normalized spacial score (nSPS) is 10.6. The third-order valence-electron chi connectivity index (χ3n) is 2.74. The predicted molar refractivity (Wildman–Crippen MR) is 86.7 cm³/mol. The number of thiocarbonyl (C=S) groups is 1. The van der Waals surface area contributed by atoms with E-state index in [1.165, 1.54) is 5.56 Å². The summed E-state index contributed by atoms with van der Waals surface area (Å²) in [6, 6.07) is 7.84. The van der Waals surface area contributed by atoms with E-state index in [-0.39, 0.29) is 0 Å². The molecule has 1 rings (SSSR count). The van der Waals surface area contributed by atoms with Gasteiger partial charge in [0.2, 0.25) is 0 Å². The highest BCUT2D eigenvalue weighted by atomic mass is 35.5. The minimum Gasteiger partial charge on any atom is -0.363 e. The summed E-state index contributed by atoms with van der Waals surface area (Å²) < 4.78 is 0. The third kappa shape index (κ3) is 6.76. The van der Waals surface area contributed by atoms with Crippen LogP contribution in [0.15, 0.2) is 24.3 Å². The Hall–Kier alpha value is -0.840. The molecule has 0 unspecified atom stereocenters. The van der Waals surface area contributed by atoms with Crippen LogP contribution in [-0.2, 0) is 6.54 Å². The van der Waals surface area contributed by atoms with Gasteiger partial charge in [-0.3, -0.25) is 0 Å². The minimum atomic E-state index is 0.760. The van der Waals surface area contributed by atoms with E-state index in [0.717, 1.165) is 36.2 Å². The van der Waals surface area contributed by atoms with Gasteiger partial charge in [-0.1, -0.05) is 23.7 Å². The van der Waals surface area contributed by atoms with Crippen molar-refractivity contribution in [2.24, 2.45) is 0 Å². The first kappa shape index (κ1) is 16.2. The van der Waals surface area contributed by atoms with Gasteiger partial charge in [-0.15, -0.1) is 0 Å². The zero-order chi connectivity index (χ0) is 14.3. The van der Waals surface area contributed by atoms with Crippen molar-refractivity contribution in [2.75, 3.05) is 34.2 Å². The Bertz CT molecular complexity index is 392. The Balaban J connectivity index is 2.30. The molecule has 0 saturated carbocycles. The molecule has 0 spiro atoms. The Morgan fingerprint density at radius 3 is 2.42 bits per heavy atom. The minimum absolute atomic E-state index is 0.760. The molecule has 106 valence electrons. The van der Waals surface area contributed by atoms with Crippen molar-refractivity contribution < 1.29 is 0 Å². The van der Waals surface area contributed by atoms with Crippen LogP contribution in [0.5, 0.6) is 0 Å². The molecule has 0 radical (unpaired) electrons. The number of halogens is 1. The van der Waals surface area contributed by atoms with Gasteiger partial charge in [0, 0.05) is 25.2 Å². The van der Waals surface area contributed by atoms with Crippen molar-refractivity contribution in [3.63, 3.8) is 0 Å². The van der Waals surface area contributed by atoms with Crippen molar-refractivity contribution >= 4 is 28.9 Å². The van der Waals surface area contributed by atoms with Crippen LogP contribution < -0.4 is 5.32 Å². The summed E-state index contributed by atoms with van der Waals surface area (Å²) >= 11 is 11.2. The van der Waals surface area contributed by atoms with Crippen molar-refractivity contribution in [2.45, 2.75) is 13.0 Å². The van der Waals surface area contributed by atoms with E-state index >= 15 is 0 Å². The maximum absolute atomic E-state index is 5.87. The van der Waals surface area contributed by atoms with E-state index in [2.05, 4.69) is 24.3 Å². The number of nitrogens with one attached hydrogen (secondary N) is 1. The average molecular weight is 300 g/mol. The van der Waals surface area contributed by atoms with Crippen LogP contribution in [0.4, 0.5) is 0 Å². The molecular formula is C14H22ClN3S. The highest BCUT2D eigenvalue weighted by Gasteiger charge is 2.04. The molecular weight excluding hydrogens is 278 g/mol. The van der Waals surface area contributed by atoms with Crippen LogP contribution in [0.2, 0.25) is 5.02 Å². The lowest BCUT2D eigenvalue weighted by Gasteiger charge is -2.21. The molecule has 0 heterocycles. The molecule has 3 nitrogen and oxygen atoms in total. The molecule has 19 heavy (non-hydrogen) atoms. The quantitative estimate of drug-likeness (QED) is 0.642. The maximum atomic E-state index is 5.87. The van der Waals surface area contributed by atoms with E-state index in [9.17, 15) is 0 Å². The fraction of sp³-hybridized carbons (Fsp3) is 0.500. The van der Waals surface area contributed by atoms with Gasteiger partial charge in [0.05, 0.1) is 0 Å². The van der Waals surface area contributed by atoms with Gasteiger partial charge in [0.15, 0.2) is 5.11 Å². The zero-order valence-electron chi connectivity index (χ0n) is 11.8. The standard InChI is InChI=1S/C14H22ClN3S/c1-17(2)10-4-9-16-14(19)18(3)11-12-5-7-13(15)8-6-12/h5-8H,4,9-11H2,1-3H3,(H,16,19). The highest BCUT2D eigenvalue weighted by molar-refractivity contribution is 7.80. The number of hydrogen-bond donors (Lipinski definition) is 1. The number of rotatable bonds is 6. The van der Waals surface area contributed by atoms with Gasteiger partial charge in [0.25, 0.3) is 0 Å². The van der Waals surface area contributed by atoms with Crippen molar-refractivity contribution in [3.05, 3.63) is 34.9 Å². The molecule has 1 N–H and O–H groups in total. The molecule has 0 aliphatic rings. The topological polar surface area (TPSA) is 18.5 Å². The molecule has 0 bridgehead atoms. The first-order valence-electron chi connectivity index (χ1n) is 6.37. The first-order chi connectivity index (χ1) is 8.99. The summed E-state index contributed by atoms with van der Waals surface area (Å²) in [5.74, 6) is 0. The lowest BCUT2D eigenvalue weighted by atomic mass is 10.2. The zero-order valence-corrected chi connectivity index (χ0v) is 13.4. The Morgan fingerprint density at radius 2 is 1.84 bits per heavy atom. The maximum Gasteiger partial charge on any atom is 0.168 e. The van der Waals surface area contributed by atoms with Gasteiger partial charge in [-0.25, -0.2) is 0 Å². The smallest absolute Gasteiger partial charge is 0.168 e. The van der Waals surface area contributed by atoms with E-state index < -0.39 is 0 Å². The fourth-order valence-corrected chi connectivity index (χ4v) is 1.95. The fourth-order valence-electron chi connectivity index (χ4n) is 1.66. The van der Waals surface area contributed by atoms with Gasteiger partial charge in [-0.05, 0) is 57.0 Å². The van der Waals surface area contributed by atoms with E-state index in [1.54, 1.807) is 0 Å². The SMILES string of the molecule is CN(C)CCCNC(=S)N(C)Cc1ccc(Cl)cc1. The number of benzene rings is 1. The molecule has 0 aliphatic carbocycles. The predicted octanol–water partition coefficient (Wildman–Crippen LogP) is 2.60. The lowest BCUT2D eigenvalue weighted by Crippen LogP contribution is -2.37. The largest absolute Gasteiger partial charge is 0.363 e. The van der Waals surface area contributed by atoms with Crippen molar-refractivity contribution in [1.82, 2.24) is 15.1 Å². The van der Waals surface area contributed by atoms with Crippen molar-refractivity contribution in [3.8, 4) is 0 Å². The van der Waals surface area contributed by atoms with Crippen LogP contribution >= 0.6 is 23.8 Å². The first-order valence-corrected chi connectivity index (χ1v) is 7.16. The summed E-state index contributed by atoms with van der Waals surface area (Å²) in [5.41, 5.74) is 1.20. The molecule has 0 aromatic heterocycles. The third-order valence-corrected chi connectivity index (χ3v) is 3.45. The van der Waals surface area contributed by atoms with Gasteiger partial charge in [0.1, 0.15) is 0 Å². The average Bonchev–Trinajstić information content (AvgIpc) is 2.36. The molecule has 0 saturated heterocycles. The second-order valence-electron chi connectivity index (χ2n) is 4.87. The molecule has 0 fully saturated rings. The summed E-state index contributed by atoms with van der Waals surface area (Å²) in [6.07, 6.45) is 1.09. The van der Waals surface area contributed by atoms with Gasteiger partial charge in [-0.2, -0.15) is 0 Å². The molecule has 5 heteroatoms. The summed E-state index contributed by atoms with van der Waals surface area (Å²) in [7, 11) is 6.14. The van der Waals surface area contributed by atoms with Crippen molar-refractivity contribution in [1.29, 1.82) is 0 Å². The number of nitrogens with zero attached hydrogens (tertiary/aromatic N) is 2. The summed E-state index contributed by atoms with van der Waals surface area (Å²) in [4.78, 5) is 4.20. The summed E-state index contributed by atoms with van der Waals surface area (Å²) in [5, 5.41) is 4.82. The van der Waals surface area contributed by atoms with Gasteiger partial charge >= 0.3 is 0 Å². The lowest BCUT2D eigenvalue weighted by molar-refractivity contribution is 0.397. The Morgan fingerprint density at radius 1 is 1.21 bits per heavy atom. The van der Waals surface area contributed by atoms with Crippen LogP contribution in [0.3, 0.4) is 0 Å². The van der Waals surface area contributed by atoms with E-state index in [0.29, 0.717) is 0 Å². The Kier molecular flexibility index (Phi) is 7.13. The van der Waals surface area contributed by atoms with E-state index in [4.69, 9.17) is 23.8 Å². The number of hydrogen-bond acceptors (Lipinski definition) is 2. The molecule has 0 aliphatic heterocycles. The monoisotopic (exact) mass is 299 g/mol. The summed E-state index contributed by atoms with van der Waals surface area (Å²) in [6.45, 7) is 2.76. The molecule has 1 aromatic carbocycles. The van der Waals surface area contributed by atoms with Crippen LogP contribution in [0.25, 0.3) is 0 Å². The van der Waals surface area contributed by atoms with Crippen LogP contribution in [0, 0.1) is 0 Å². The second-order valence-corrected chi connectivity index (χ2v) is 5.69. The van der Waals surface area contributed by atoms with Crippen LogP contribution in [0.1, 0.15) is 12.0 Å². The van der Waals surface area contributed by atoms with E-state index in [1.807, 2.05) is 36.2 Å². The highest BCUT2D eigenvalue weighted by Crippen LogP contribution is 2.10. The molecule has 0 amide bonds. The molecule has 1 aromatic rings. The Labute approximate surface area is 126 Å².